The number of rotatable bonds is 36. The van der Waals surface area contributed by atoms with Gasteiger partial charge in [0.2, 0.25) is 22.3 Å². The lowest BCUT2D eigenvalue weighted by molar-refractivity contribution is -0.907. The second-order valence-corrected chi connectivity index (χ2v) is 47.7. The van der Waals surface area contributed by atoms with E-state index in [1.165, 1.54) is 39.0 Å². The lowest BCUT2D eigenvalue weighted by Crippen LogP contribution is -2.57. The average Bonchev–Trinajstić information content (AvgIpc) is 0.813. The highest BCUT2D eigenvalue weighted by Gasteiger charge is 2.44. The van der Waals surface area contributed by atoms with Crippen molar-refractivity contribution in [1.29, 1.82) is 0 Å². The van der Waals surface area contributed by atoms with E-state index in [1.54, 1.807) is 0 Å². The molecule has 6 fully saturated rings. The highest BCUT2D eigenvalue weighted by atomic mass is 31.2. The topological polar surface area (TPSA) is 139 Å². The van der Waals surface area contributed by atoms with E-state index >= 15 is 0 Å². The normalized spacial score (nSPS) is 25.5. The predicted octanol–water partition coefficient (Wildman–Crippen LogP) is 16.8. The minimum absolute atomic E-state index is 0.00631. The summed E-state index contributed by atoms with van der Waals surface area (Å²) in [5, 5.41) is 0. The molecular formula is C88H173N12O9P3+2. The zero-order valence-electron chi connectivity index (χ0n) is 77.6. The van der Waals surface area contributed by atoms with Crippen molar-refractivity contribution in [3.63, 3.8) is 0 Å². The van der Waals surface area contributed by atoms with Gasteiger partial charge in [0, 0.05) is 88.6 Å². The third-order valence-electron chi connectivity index (χ3n) is 23.4. The quantitative estimate of drug-likeness (QED) is 0.0333. The second kappa shape index (κ2) is 48.0. The molecule has 9 atom stereocenters. The molecule has 0 bridgehead atoms. The van der Waals surface area contributed by atoms with Gasteiger partial charge in [0.25, 0.3) is 0 Å². The molecule has 0 spiro atoms. The van der Waals surface area contributed by atoms with Crippen molar-refractivity contribution in [2.45, 2.75) is 257 Å². The Balaban J connectivity index is 0.000000356. The van der Waals surface area contributed by atoms with Gasteiger partial charge in [0.1, 0.15) is 19.0 Å². The van der Waals surface area contributed by atoms with Crippen LogP contribution >= 0.6 is 22.3 Å². The van der Waals surface area contributed by atoms with Crippen LogP contribution in [0.25, 0.3) is 0 Å². The van der Waals surface area contributed by atoms with Crippen LogP contribution in [0.2, 0.25) is 0 Å². The third kappa shape index (κ3) is 36.6. The maximum absolute atomic E-state index is 14.2. The van der Waals surface area contributed by atoms with E-state index in [0.29, 0.717) is 19.8 Å². The third-order valence-corrected chi connectivity index (χ3v) is 32.6. The Hall–Kier alpha value is -1.85. The minimum atomic E-state index is -2.79. The maximum atomic E-state index is 14.2. The van der Waals surface area contributed by atoms with Crippen LogP contribution < -0.4 is 0 Å². The van der Waals surface area contributed by atoms with Gasteiger partial charge in [-0.3, -0.25) is 33.3 Å². The van der Waals surface area contributed by atoms with Crippen molar-refractivity contribution < 1.29 is 51.1 Å². The summed E-state index contributed by atoms with van der Waals surface area (Å²) in [5.74, 6) is 0. The van der Waals surface area contributed by atoms with E-state index in [2.05, 4.69) is 243 Å². The molecule has 6 heterocycles. The van der Waals surface area contributed by atoms with Crippen LogP contribution in [0.1, 0.15) is 204 Å². The smallest absolute Gasteiger partial charge is 0.241 e. The molecule has 9 unspecified atom stereocenters. The van der Waals surface area contributed by atoms with Gasteiger partial charge < -0.3 is 37.4 Å². The van der Waals surface area contributed by atoms with Crippen LogP contribution in [0.15, 0.2) is 81.5 Å². The first-order valence-electron chi connectivity index (χ1n) is 42.9. The van der Waals surface area contributed by atoms with Gasteiger partial charge in [-0.1, -0.05) is 69.4 Å². The average molecular weight is 1640 g/mol. The Labute approximate surface area is 688 Å². The Bertz CT molecular complexity index is 3130. The monoisotopic (exact) mass is 1640 g/mol. The van der Waals surface area contributed by atoms with Gasteiger partial charge in [0.05, 0.1) is 136 Å². The van der Waals surface area contributed by atoms with E-state index < -0.39 is 22.3 Å². The molecule has 0 aliphatic carbocycles. The van der Waals surface area contributed by atoms with E-state index in [1.807, 2.05) is 56.3 Å². The lowest BCUT2D eigenvalue weighted by atomic mass is 10.0. The molecular weight excluding hydrogens is 1460 g/mol. The number of hydrogen-bond donors (Lipinski definition) is 0. The number of allylic oxidation sites excluding steroid dienone is 11. The number of likely N-dealkylation sites (N-methyl/N-ethyl adjacent to an activating group) is 2. The first-order valence-corrected chi connectivity index (χ1v) is 48.3. The summed E-state index contributed by atoms with van der Waals surface area (Å²) >= 11 is 0. The number of piperazine rings is 3. The molecule has 6 saturated heterocycles. The van der Waals surface area contributed by atoms with E-state index in [0.717, 1.165) is 198 Å². The standard InChI is InChI=1S/C33H64N4O3P.C28H56N4O3P.C27H53N4O3P/c1-28(2)14-12-15-29(3)16-13-17-30(4)18-21-37(11)22-19-36(20-23-37)41(38,34(9)10)27-39-26-32-25-35(33(6,7)8)24-31(5)40-32;1-24(2)12-11-13-25(3)14-17-32(10)18-15-31(16-19-32)36(33,29(8)9)23-34-22-27-21-30(28(5,6)7)20-26(4)35-27;1-23(2)11-10-12-24(3)13-14-29-15-17-31(18-16-29)35(32,28(8)9)22-33-21-26-20-30(27(5,6)7)19-25(4)34-26/h14,16,18,31-32H,12-13,15,17,19-27H2,1-11H3;12,14,26-27H,11,13,15-23H2,1-10H3;11,13,25-26H,10,12,14-22H2,1-9H3/q2*+1;/b29-16+,30-18+;25-14+;24-13+. The van der Waals surface area contributed by atoms with Crippen LogP contribution in [-0.2, 0) is 42.1 Å². The number of nitrogens with zero attached hydrogens (tertiary/aromatic N) is 12. The molecule has 0 N–H and O–H groups in total. The van der Waals surface area contributed by atoms with Crippen molar-refractivity contribution in [2.24, 2.45) is 0 Å². The molecule has 652 valence electrons. The van der Waals surface area contributed by atoms with Gasteiger partial charge in [-0.15, -0.1) is 0 Å². The largest absolute Gasteiger partial charge is 0.370 e. The molecule has 6 rings (SSSR count). The van der Waals surface area contributed by atoms with E-state index in [9.17, 15) is 13.7 Å². The molecule has 0 saturated carbocycles. The highest BCUT2D eigenvalue weighted by molar-refractivity contribution is 7.59. The van der Waals surface area contributed by atoms with Crippen LogP contribution in [0, 0.1) is 0 Å². The first-order chi connectivity index (χ1) is 52.0. The molecule has 0 amide bonds. The van der Waals surface area contributed by atoms with Gasteiger partial charge in [-0.25, -0.2) is 28.0 Å². The Morgan fingerprint density at radius 1 is 0.384 bits per heavy atom. The lowest BCUT2D eigenvalue weighted by Gasteiger charge is -2.45. The van der Waals surface area contributed by atoms with Crippen LogP contribution in [0.3, 0.4) is 0 Å². The van der Waals surface area contributed by atoms with Gasteiger partial charge in [-0.05, 0) is 258 Å². The Morgan fingerprint density at radius 2 is 0.643 bits per heavy atom. The molecule has 24 heteroatoms. The van der Waals surface area contributed by atoms with Gasteiger partial charge >= 0.3 is 0 Å². The van der Waals surface area contributed by atoms with Crippen molar-refractivity contribution in [1.82, 2.24) is 47.6 Å². The van der Waals surface area contributed by atoms with Crippen molar-refractivity contribution in [3.8, 4) is 0 Å². The van der Waals surface area contributed by atoms with Gasteiger partial charge in [-0.2, -0.15) is 0 Å². The molecule has 0 aromatic carbocycles. The summed E-state index contributed by atoms with van der Waals surface area (Å²) in [4.78, 5) is 9.84. The van der Waals surface area contributed by atoms with Gasteiger partial charge in [0.15, 0.2) is 0 Å². The second-order valence-electron chi connectivity index (χ2n) is 38.8. The van der Waals surface area contributed by atoms with E-state index in [-0.39, 0.29) is 72.3 Å². The zero-order chi connectivity index (χ0) is 84.2. The summed E-state index contributed by atoms with van der Waals surface area (Å²) in [6, 6.07) is 0. The number of ether oxygens (including phenoxy) is 6. The summed E-state index contributed by atoms with van der Waals surface area (Å²) in [7, 11) is 7.87. The summed E-state index contributed by atoms with van der Waals surface area (Å²) in [6.45, 7) is 69.1. The number of hydrogen-bond acceptors (Lipinski definition) is 13. The molecule has 112 heavy (non-hydrogen) atoms. The predicted molar refractivity (Wildman–Crippen MR) is 476 cm³/mol. The molecule has 0 aromatic rings. The van der Waals surface area contributed by atoms with Crippen LogP contribution in [0.5, 0.6) is 0 Å². The van der Waals surface area contributed by atoms with Crippen LogP contribution in [0.4, 0.5) is 0 Å². The molecule has 0 aromatic heterocycles. The zero-order valence-corrected chi connectivity index (χ0v) is 80.3. The number of quaternary nitrogens is 2. The molecule has 6 aliphatic rings. The fraction of sp³-hybridized carbons (Fsp3) is 0.841. The highest BCUT2D eigenvalue weighted by Crippen LogP contribution is 2.54. The Morgan fingerprint density at radius 3 is 0.911 bits per heavy atom. The van der Waals surface area contributed by atoms with Crippen molar-refractivity contribution in [3.05, 3.63) is 81.5 Å². The van der Waals surface area contributed by atoms with E-state index in [4.69, 9.17) is 28.4 Å². The molecule has 6 aliphatic heterocycles. The van der Waals surface area contributed by atoms with Crippen molar-refractivity contribution in [2.75, 3.05) is 233 Å². The fourth-order valence-electron chi connectivity index (χ4n) is 15.2. The summed E-state index contributed by atoms with van der Waals surface area (Å²) in [5.41, 5.74) is 10.4. The van der Waals surface area contributed by atoms with Crippen molar-refractivity contribution >= 4 is 22.3 Å². The minimum Gasteiger partial charge on any atom is -0.370 e. The molecule has 21 nitrogen and oxygen atoms in total. The fourth-order valence-corrected chi connectivity index (χ4v) is 21.3. The number of morpholine rings is 3. The Kier molecular flexibility index (Phi) is 43.9. The first kappa shape index (κ1) is 102. The molecule has 0 radical (unpaired) electrons. The summed E-state index contributed by atoms with van der Waals surface area (Å²) < 4.78 is 93.3. The SMILES string of the molecule is CC(C)=CCC/C(C)=C/CC/C(C)=C/C[N+]1(C)CCN(P(=O)(COCC2CN(C(C)(C)C)CC(C)O2)N(C)C)CC1.CC(C)=CCC/C(C)=C/CN1CCN(P(=O)(COCC2CN(C(C)(C)C)CC(C)O2)N(C)C)CC1.CC(C)=CCC/C(C)=C/C[N+]1(C)CCN(P(=O)(COCC2CN(C(C)(C)C)CC(C)O2)N(C)C)CC1. The summed E-state index contributed by atoms with van der Waals surface area (Å²) in [6.07, 6.45) is 26.9. The van der Waals surface area contributed by atoms with Crippen LogP contribution in [-0.4, -0.2) is 343 Å². The maximum Gasteiger partial charge on any atom is 0.241 e.